The number of hydrogen-bond donors (Lipinski definition) is 2. The van der Waals surface area contributed by atoms with Crippen LogP contribution in [0.4, 0.5) is 39.3 Å². The molecule has 0 bridgehead atoms. The van der Waals surface area contributed by atoms with E-state index in [1.54, 1.807) is 0 Å². The number of anilines is 3. The highest BCUT2D eigenvalue weighted by Gasteiger charge is 2.35. The maximum Gasteiger partial charge on any atom is 0.451 e. The van der Waals surface area contributed by atoms with E-state index in [1.165, 1.54) is 0 Å². The van der Waals surface area contributed by atoms with Gasteiger partial charge < -0.3 is 11.1 Å². The second-order valence-corrected chi connectivity index (χ2v) is 4.72. The van der Waals surface area contributed by atoms with E-state index in [1.807, 2.05) is 0 Å². The van der Waals surface area contributed by atoms with Crippen molar-refractivity contribution in [2.45, 2.75) is 6.18 Å². The van der Waals surface area contributed by atoms with E-state index in [-0.39, 0.29) is 16.0 Å². The summed E-state index contributed by atoms with van der Waals surface area (Å²) in [6.45, 7) is 0. The van der Waals surface area contributed by atoms with Crippen molar-refractivity contribution in [1.82, 2.24) is 9.97 Å². The van der Waals surface area contributed by atoms with Gasteiger partial charge in [-0.05, 0) is 22.0 Å². The van der Waals surface area contributed by atoms with Crippen molar-refractivity contribution in [2.75, 3.05) is 11.1 Å². The Morgan fingerprint density at radius 3 is 2.33 bits per heavy atom. The van der Waals surface area contributed by atoms with Gasteiger partial charge in [-0.25, -0.2) is 18.7 Å². The van der Waals surface area contributed by atoms with Crippen molar-refractivity contribution in [1.29, 1.82) is 0 Å². The molecular weight excluding hydrogens is 363 g/mol. The van der Waals surface area contributed by atoms with Crippen LogP contribution in [0.5, 0.6) is 0 Å². The first-order valence-electron chi connectivity index (χ1n) is 5.30. The van der Waals surface area contributed by atoms with Crippen LogP contribution < -0.4 is 11.1 Å². The Balaban J connectivity index is 2.40. The van der Waals surface area contributed by atoms with Crippen LogP contribution in [-0.2, 0) is 6.18 Å². The third-order valence-corrected chi connectivity index (χ3v) is 2.88. The molecule has 10 heteroatoms. The molecule has 0 atom stereocenters. The van der Waals surface area contributed by atoms with Crippen molar-refractivity contribution in [2.24, 2.45) is 0 Å². The number of nitrogens with two attached hydrogens (primary N) is 1. The Kier molecular flexibility index (Phi) is 3.99. The van der Waals surface area contributed by atoms with Gasteiger partial charge in [0.15, 0.2) is 0 Å². The number of rotatable bonds is 2. The molecule has 0 aliphatic rings. The molecule has 0 saturated carbocycles. The van der Waals surface area contributed by atoms with Crippen LogP contribution in [0.2, 0.25) is 0 Å². The summed E-state index contributed by atoms with van der Waals surface area (Å²) in [5.74, 6) is -4.13. The van der Waals surface area contributed by atoms with Crippen LogP contribution >= 0.6 is 15.9 Å². The molecule has 112 valence electrons. The van der Waals surface area contributed by atoms with Crippen LogP contribution in [0.15, 0.2) is 22.7 Å². The molecule has 1 aromatic carbocycles. The Morgan fingerprint density at radius 1 is 1.05 bits per heavy atom. The molecule has 0 saturated heterocycles. The normalized spacial score (nSPS) is 11.5. The van der Waals surface area contributed by atoms with Gasteiger partial charge in [0, 0.05) is 12.1 Å². The molecule has 1 aromatic heterocycles. The molecule has 0 unspecified atom stereocenters. The molecule has 0 amide bonds. The number of nitrogens with one attached hydrogen (secondary N) is 1. The molecule has 0 aliphatic carbocycles. The van der Waals surface area contributed by atoms with Gasteiger partial charge in [-0.15, -0.1) is 0 Å². The van der Waals surface area contributed by atoms with Gasteiger partial charge in [0.25, 0.3) is 0 Å². The van der Waals surface area contributed by atoms with Crippen LogP contribution in [0, 0.1) is 11.6 Å². The van der Waals surface area contributed by atoms with Crippen LogP contribution in [-0.4, -0.2) is 9.97 Å². The fraction of sp³-hybridized carbons (Fsp3) is 0.0909. The molecule has 21 heavy (non-hydrogen) atoms. The van der Waals surface area contributed by atoms with Crippen LogP contribution in [0.3, 0.4) is 0 Å². The van der Waals surface area contributed by atoms with Crippen molar-refractivity contribution in [3.05, 3.63) is 40.1 Å². The van der Waals surface area contributed by atoms with E-state index >= 15 is 0 Å². The number of alkyl halides is 3. The maximum atomic E-state index is 13.5. The molecule has 3 N–H and O–H groups in total. The molecule has 2 rings (SSSR count). The summed E-state index contributed by atoms with van der Waals surface area (Å²) in [5, 5.41) is 2.29. The van der Waals surface area contributed by atoms with E-state index < -0.39 is 29.5 Å². The second kappa shape index (κ2) is 5.43. The molecule has 1 heterocycles. The fourth-order valence-corrected chi connectivity index (χ4v) is 1.76. The summed E-state index contributed by atoms with van der Waals surface area (Å²) in [4.78, 5) is 6.23. The minimum atomic E-state index is -4.80. The summed E-state index contributed by atoms with van der Waals surface area (Å²) < 4.78 is 64.2. The Bertz CT molecular complexity index is 689. The average Bonchev–Trinajstić information content (AvgIpc) is 2.34. The minimum Gasteiger partial charge on any atom is -0.384 e. The Labute approximate surface area is 123 Å². The number of halogens is 6. The van der Waals surface area contributed by atoms with E-state index in [0.29, 0.717) is 6.07 Å². The zero-order chi connectivity index (χ0) is 15.8. The number of benzene rings is 1. The molecule has 0 aliphatic heterocycles. The smallest absolute Gasteiger partial charge is 0.384 e. The number of hydrogen-bond acceptors (Lipinski definition) is 4. The molecular formula is C11H6BrF5N4. The SMILES string of the molecule is Nc1cc(Nc2cc(Br)c(F)cc2F)nc(C(F)(F)F)n1. The lowest BCUT2D eigenvalue weighted by Gasteiger charge is -2.11. The number of aromatic nitrogens is 2. The van der Waals surface area contributed by atoms with Crippen LogP contribution in [0.25, 0.3) is 0 Å². The maximum absolute atomic E-state index is 13.5. The fourth-order valence-electron chi connectivity index (χ4n) is 1.41. The highest BCUT2D eigenvalue weighted by molar-refractivity contribution is 9.10. The van der Waals surface area contributed by atoms with Gasteiger partial charge in [0.2, 0.25) is 5.82 Å². The monoisotopic (exact) mass is 368 g/mol. The Morgan fingerprint density at radius 2 is 1.71 bits per heavy atom. The summed E-state index contributed by atoms with van der Waals surface area (Å²) in [5.41, 5.74) is 4.98. The first-order chi connectivity index (χ1) is 9.66. The lowest BCUT2D eigenvalue weighted by Crippen LogP contribution is -2.13. The summed E-state index contributed by atoms with van der Waals surface area (Å²) in [6, 6.07) is 2.59. The average molecular weight is 369 g/mol. The van der Waals surface area contributed by atoms with Gasteiger partial charge in [0.05, 0.1) is 10.2 Å². The standard InChI is InChI=1S/C11H6BrF5N4/c12-4-1-7(6(14)2-5(4)13)19-9-3-8(18)20-10(21-9)11(15,16)17/h1-3H,(H3,18,19,20,21). The molecule has 2 aromatic rings. The predicted octanol–water partition coefficient (Wildman–Crippen LogP) is 3.86. The summed E-state index contributed by atoms with van der Waals surface area (Å²) in [7, 11) is 0. The van der Waals surface area contributed by atoms with Gasteiger partial charge >= 0.3 is 6.18 Å². The first kappa shape index (κ1) is 15.4. The third kappa shape index (κ3) is 3.57. The van der Waals surface area contributed by atoms with E-state index in [2.05, 4.69) is 31.2 Å². The summed E-state index contributed by atoms with van der Waals surface area (Å²) >= 11 is 2.84. The van der Waals surface area contributed by atoms with Gasteiger partial charge in [-0.2, -0.15) is 13.2 Å². The molecule has 0 fully saturated rings. The zero-order valence-corrected chi connectivity index (χ0v) is 11.6. The highest BCUT2D eigenvalue weighted by Crippen LogP contribution is 2.30. The predicted molar refractivity (Wildman–Crippen MR) is 68.8 cm³/mol. The lowest BCUT2D eigenvalue weighted by molar-refractivity contribution is -0.144. The second-order valence-electron chi connectivity index (χ2n) is 3.87. The molecule has 0 spiro atoms. The van der Waals surface area contributed by atoms with Gasteiger partial charge in [0.1, 0.15) is 23.3 Å². The van der Waals surface area contributed by atoms with Crippen molar-refractivity contribution >= 4 is 33.3 Å². The van der Waals surface area contributed by atoms with E-state index in [9.17, 15) is 22.0 Å². The zero-order valence-electron chi connectivity index (χ0n) is 9.97. The van der Waals surface area contributed by atoms with Gasteiger partial charge in [-0.3, -0.25) is 0 Å². The van der Waals surface area contributed by atoms with Crippen molar-refractivity contribution < 1.29 is 22.0 Å². The Hall–Kier alpha value is -1.97. The first-order valence-corrected chi connectivity index (χ1v) is 6.09. The lowest BCUT2D eigenvalue weighted by atomic mass is 10.3. The van der Waals surface area contributed by atoms with Gasteiger partial charge in [-0.1, -0.05) is 0 Å². The third-order valence-electron chi connectivity index (χ3n) is 2.27. The quantitative estimate of drug-likeness (QED) is 0.624. The highest BCUT2D eigenvalue weighted by atomic mass is 79.9. The molecule has 4 nitrogen and oxygen atoms in total. The summed E-state index contributed by atoms with van der Waals surface area (Å²) in [6.07, 6.45) is -4.80. The van der Waals surface area contributed by atoms with Crippen molar-refractivity contribution in [3.63, 3.8) is 0 Å². The van der Waals surface area contributed by atoms with E-state index in [4.69, 9.17) is 5.73 Å². The largest absolute Gasteiger partial charge is 0.451 e. The van der Waals surface area contributed by atoms with E-state index in [0.717, 1.165) is 12.1 Å². The molecule has 0 radical (unpaired) electrons. The van der Waals surface area contributed by atoms with Crippen LogP contribution in [0.1, 0.15) is 5.82 Å². The minimum absolute atomic E-state index is 0.0653. The number of nitrogen functional groups attached to an aromatic ring is 1. The number of nitrogens with zero attached hydrogens (tertiary/aromatic N) is 2. The van der Waals surface area contributed by atoms with Crippen molar-refractivity contribution in [3.8, 4) is 0 Å². The topological polar surface area (TPSA) is 63.8 Å².